The smallest absolute Gasteiger partial charge is 0.126 e. The molecule has 0 aliphatic rings. The van der Waals surface area contributed by atoms with Crippen molar-refractivity contribution in [2.45, 2.75) is 18.9 Å². The Morgan fingerprint density at radius 2 is 1.79 bits per heavy atom. The Bertz CT molecular complexity index is 557. The summed E-state index contributed by atoms with van der Waals surface area (Å²) in [4.78, 5) is 0. The van der Waals surface area contributed by atoms with Gasteiger partial charge in [-0.3, -0.25) is 0 Å². The standard InChI is InChI=1S/C15H14BrClFN/c16-12-3-6-15(18)11(8-12)9-14(19)7-10-1-4-13(17)5-2-10/h1-6,8,14H,7,9,19H2. The van der Waals surface area contributed by atoms with E-state index in [-0.39, 0.29) is 11.9 Å². The van der Waals surface area contributed by atoms with Crippen LogP contribution in [0.25, 0.3) is 0 Å². The van der Waals surface area contributed by atoms with Crippen LogP contribution in [0.15, 0.2) is 46.9 Å². The third-order valence-electron chi connectivity index (χ3n) is 2.90. The maximum absolute atomic E-state index is 13.6. The second-order valence-corrected chi connectivity index (χ2v) is 5.88. The first-order valence-corrected chi connectivity index (χ1v) is 7.15. The fourth-order valence-electron chi connectivity index (χ4n) is 1.98. The van der Waals surface area contributed by atoms with E-state index in [1.807, 2.05) is 24.3 Å². The molecule has 0 fully saturated rings. The van der Waals surface area contributed by atoms with E-state index in [0.29, 0.717) is 23.4 Å². The van der Waals surface area contributed by atoms with Crippen molar-refractivity contribution < 1.29 is 4.39 Å². The molecule has 1 atom stereocenters. The molecule has 0 saturated heterocycles. The van der Waals surface area contributed by atoms with Gasteiger partial charge in [-0.05, 0) is 54.3 Å². The molecular weight excluding hydrogens is 329 g/mol. The van der Waals surface area contributed by atoms with Crippen molar-refractivity contribution in [1.82, 2.24) is 0 Å². The van der Waals surface area contributed by atoms with Crippen molar-refractivity contribution in [2.24, 2.45) is 5.73 Å². The lowest BCUT2D eigenvalue weighted by atomic mass is 9.99. The van der Waals surface area contributed by atoms with E-state index in [1.54, 1.807) is 12.1 Å². The van der Waals surface area contributed by atoms with Gasteiger partial charge in [-0.25, -0.2) is 4.39 Å². The van der Waals surface area contributed by atoms with Gasteiger partial charge in [-0.1, -0.05) is 39.7 Å². The molecule has 0 aliphatic carbocycles. The van der Waals surface area contributed by atoms with E-state index in [4.69, 9.17) is 17.3 Å². The second kappa shape index (κ2) is 6.51. The molecule has 100 valence electrons. The van der Waals surface area contributed by atoms with Gasteiger partial charge >= 0.3 is 0 Å². The first kappa shape index (κ1) is 14.5. The van der Waals surface area contributed by atoms with E-state index in [0.717, 1.165) is 10.0 Å². The van der Waals surface area contributed by atoms with E-state index >= 15 is 0 Å². The van der Waals surface area contributed by atoms with Gasteiger partial charge in [-0.2, -0.15) is 0 Å². The molecule has 2 rings (SSSR count). The molecule has 0 heterocycles. The van der Waals surface area contributed by atoms with E-state index < -0.39 is 0 Å². The van der Waals surface area contributed by atoms with Gasteiger partial charge in [0, 0.05) is 15.5 Å². The maximum atomic E-state index is 13.6. The molecule has 4 heteroatoms. The van der Waals surface area contributed by atoms with Crippen LogP contribution in [0.1, 0.15) is 11.1 Å². The Kier molecular flexibility index (Phi) is 4.97. The minimum Gasteiger partial charge on any atom is -0.327 e. The lowest BCUT2D eigenvalue weighted by Crippen LogP contribution is -2.26. The van der Waals surface area contributed by atoms with E-state index in [1.165, 1.54) is 6.07 Å². The molecule has 19 heavy (non-hydrogen) atoms. The molecule has 0 aromatic heterocycles. The Morgan fingerprint density at radius 3 is 2.47 bits per heavy atom. The molecular formula is C15H14BrClFN. The van der Waals surface area contributed by atoms with Crippen molar-refractivity contribution in [3.63, 3.8) is 0 Å². The van der Waals surface area contributed by atoms with E-state index in [9.17, 15) is 4.39 Å². The monoisotopic (exact) mass is 341 g/mol. The summed E-state index contributed by atoms with van der Waals surface area (Å²) < 4.78 is 14.5. The Balaban J connectivity index is 2.02. The topological polar surface area (TPSA) is 26.0 Å². The van der Waals surface area contributed by atoms with Gasteiger partial charge in [0.05, 0.1) is 0 Å². The molecule has 2 aromatic rings. The van der Waals surface area contributed by atoms with Crippen LogP contribution in [0.2, 0.25) is 5.02 Å². The van der Waals surface area contributed by atoms with Gasteiger partial charge in [0.15, 0.2) is 0 Å². The van der Waals surface area contributed by atoms with Crippen LogP contribution in [0.5, 0.6) is 0 Å². The minimum absolute atomic E-state index is 0.120. The average molecular weight is 343 g/mol. The Labute approximate surface area is 125 Å². The minimum atomic E-state index is -0.213. The Hall–Kier alpha value is -0.900. The predicted molar refractivity (Wildman–Crippen MR) is 80.9 cm³/mol. The molecule has 2 N–H and O–H groups in total. The highest BCUT2D eigenvalue weighted by molar-refractivity contribution is 9.10. The SMILES string of the molecule is NC(Cc1ccc(Cl)cc1)Cc1cc(Br)ccc1F. The van der Waals surface area contributed by atoms with Gasteiger partial charge in [0.2, 0.25) is 0 Å². The first-order valence-electron chi connectivity index (χ1n) is 5.98. The lowest BCUT2D eigenvalue weighted by molar-refractivity contribution is 0.583. The van der Waals surface area contributed by atoms with Gasteiger partial charge in [0.25, 0.3) is 0 Å². The van der Waals surface area contributed by atoms with Crippen LogP contribution in [-0.4, -0.2) is 6.04 Å². The number of rotatable bonds is 4. The van der Waals surface area contributed by atoms with E-state index in [2.05, 4.69) is 15.9 Å². The fourth-order valence-corrected chi connectivity index (χ4v) is 2.51. The highest BCUT2D eigenvalue weighted by Gasteiger charge is 2.09. The van der Waals surface area contributed by atoms with Crippen molar-refractivity contribution in [3.05, 3.63) is 68.9 Å². The zero-order chi connectivity index (χ0) is 13.8. The first-order chi connectivity index (χ1) is 9.04. The second-order valence-electron chi connectivity index (χ2n) is 4.53. The van der Waals surface area contributed by atoms with Gasteiger partial charge in [-0.15, -0.1) is 0 Å². The van der Waals surface area contributed by atoms with Crippen LogP contribution in [-0.2, 0) is 12.8 Å². The average Bonchev–Trinajstić information content (AvgIpc) is 2.37. The number of nitrogens with two attached hydrogens (primary N) is 1. The van der Waals surface area contributed by atoms with Crippen LogP contribution < -0.4 is 5.73 Å². The molecule has 0 saturated carbocycles. The van der Waals surface area contributed by atoms with Crippen molar-refractivity contribution in [3.8, 4) is 0 Å². The summed E-state index contributed by atoms with van der Waals surface area (Å²) in [5, 5.41) is 0.704. The number of hydrogen-bond donors (Lipinski definition) is 1. The molecule has 1 unspecified atom stereocenters. The summed E-state index contributed by atoms with van der Waals surface area (Å²) in [5.41, 5.74) is 7.82. The van der Waals surface area contributed by atoms with Crippen molar-refractivity contribution >= 4 is 27.5 Å². The van der Waals surface area contributed by atoms with Gasteiger partial charge in [0.1, 0.15) is 5.82 Å². The van der Waals surface area contributed by atoms with Gasteiger partial charge < -0.3 is 5.73 Å². The van der Waals surface area contributed by atoms with Crippen LogP contribution in [0.4, 0.5) is 4.39 Å². The largest absolute Gasteiger partial charge is 0.327 e. The molecule has 0 radical (unpaired) electrons. The van der Waals surface area contributed by atoms with Crippen LogP contribution in [0.3, 0.4) is 0 Å². The zero-order valence-corrected chi connectivity index (χ0v) is 12.6. The molecule has 2 aromatic carbocycles. The third-order valence-corrected chi connectivity index (χ3v) is 3.65. The molecule has 1 nitrogen and oxygen atoms in total. The summed E-state index contributed by atoms with van der Waals surface area (Å²) in [5.74, 6) is -0.213. The summed E-state index contributed by atoms with van der Waals surface area (Å²) >= 11 is 9.17. The van der Waals surface area contributed by atoms with Crippen molar-refractivity contribution in [2.75, 3.05) is 0 Å². The van der Waals surface area contributed by atoms with Crippen molar-refractivity contribution in [1.29, 1.82) is 0 Å². The maximum Gasteiger partial charge on any atom is 0.126 e. The molecule has 0 bridgehead atoms. The third kappa shape index (κ3) is 4.30. The summed E-state index contributed by atoms with van der Waals surface area (Å²) in [6.45, 7) is 0. The normalized spacial score (nSPS) is 12.4. The number of benzene rings is 2. The quantitative estimate of drug-likeness (QED) is 0.878. The van der Waals surface area contributed by atoms with Crippen LogP contribution >= 0.6 is 27.5 Å². The highest BCUT2D eigenvalue weighted by atomic mass is 79.9. The highest BCUT2D eigenvalue weighted by Crippen LogP contribution is 2.18. The molecule has 0 spiro atoms. The fraction of sp³-hybridized carbons (Fsp3) is 0.200. The lowest BCUT2D eigenvalue weighted by Gasteiger charge is -2.13. The summed E-state index contributed by atoms with van der Waals surface area (Å²) in [7, 11) is 0. The summed E-state index contributed by atoms with van der Waals surface area (Å²) in [6.07, 6.45) is 1.21. The summed E-state index contributed by atoms with van der Waals surface area (Å²) in [6, 6.07) is 12.4. The number of halogens is 3. The zero-order valence-electron chi connectivity index (χ0n) is 10.2. The molecule has 0 aliphatic heterocycles. The van der Waals surface area contributed by atoms with Crippen LogP contribution in [0, 0.1) is 5.82 Å². The Morgan fingerprint density at radius 1 is 1.11 bits per heavy atom. The number of hydrogen-bond acceptors (Lipinski definition) is 1. The predicted octanol–water partition coefficient (Wildman–Crippen LogP) is 4.35. The molecule has 0 amide bonds.